The molecule has 0 unspecified atom stereocenters. The van der Waals surface area contributed by atoms with E-state index in [0.29, 0.717) is 32.9 Å². The summed E-state index contributed by atoms with van der Waals surface area (Å²) in [7, 11) is -3.67. The molecule has 0 aliphatic rings. The Morgan fingerprint density at radius 3 is 2.35 bits per heavy atom. The Morgan fingerprint density at radius 1 is 0.912 bits per heavy atom. The van der Waals surface area contributed by atoms with Crippen molar-refractivity contribution < 1.29 is 8.42 Å². The second kappa shape index (κ2) is 9.11. The summed E-state index contributed by atoms with van der Waals surface area (Å²) in [5, 5.41) is 0.912. The quantitative estimate of drug-likeness (QED) is 0.368. The normalized spacial score (nSPS) is 12.2. The van der Waals surface area contributed by atoms with Crippen LogP contribution < -0.4 is 4.72 Å². The highest BCUT2D eigenvalue weighted by atomic mass is 35.5. The molecule has 4 aromatic rings. The molecule has 7 nitrogen and oxygen atoms in total. The van der Waals surface area contributed by atoms with Crippen LogP contribution in [0.3, 0.4) is 0 Å². The molecule has 0 atom stereocenters. The average Bonchev–Trinajstić information content (AvgIpc) is 3.24. The van der Waals surface area contributed by atoms with Crippen LogP contribution in [0.15, 0.2) is 66.0 Å². The molecule has 0 amide bonds. The summed E-state index contributed by atoms with van der Waals surface area (Å²) in [5.41, 5.74) is 2.93. The van der Waals surface area contributed by atoms with Gasteiger partial charge in [-0.1, -0.05) is 41.4 Å². The Morgan fingerprint density at radius 2 is 1.65 bits per heavy atom. The molecule has 1 N–H and O–H groups in total. The first-order valence-electron chi connectivity index (χ1n) is 10.4. The number of imidazole rings is 1. The van der Waals surface area contributed by atoms with Crippen LogP contribution in [0.25, 0.3) is 28.5 Å². The Kier molecular flexibility index (Phi) is 6.52. The molecule has 10 heteroatoms. The van der Waals surface area contributed by atoms with Crippen molar-refractivity contribution in [2.45, 2.75) is 38.1 Å². The van der Waals surface area contributed by atoms with Gasteiger partial charge in [-0.2, -0.15) is 0 Å². The van der Waals surface area contributed by atoms with Gasteiger partial charge in [-0.25, -0.2) is 28.1 Å². The molecule has 2 aromatic carbocycles. The van der Waals surface area contributed by atoms with Crippen LogP contribution in [0.4, 0.5) is 0 Å². The van der Waals surface area contributed by atoms with Gasteiger partial charge in [-0.3, -0.25) is 4.57 Å². The highest BCUT2D eigenvalue weighted by molar-refractivity contribution is 7.89. The smallest absolute Gasteiger partial charge is 0.241 e. The molecule has 0 radical (unpaired) electrons. The van der Waals surface area contributed by atoms with E-state index in [-0.39, 0.29) is 4.90 Å². The number of rotatable bonds is 5. The molecule has 4 rings (SSSR count). The van der Waals surface area contributed by atoms with Crippen molar-refractivity contribution in [2.24, 2.45) is 0 Å². The summed E-state index contributed by atoms with van der Waals surface area (Å²) < 4.78 is 29.8. The maximum Gasteiger partial charge on any atom is 0.241 e. The fraction of sp³-hybridized carbons (Fsp3) is 0.208. The van der Waals surface area contributed by atoms with E-state index in [1.165, 1.54) is 0 Å². The first-order chi connectivity index (χ1) is 15.9. The monoisotopic (exact) mass is 515 g/mol. The summed E-state index contributed by atoms with van der Waals surface area (Å²) in [6, 6.07) is 13.8. The molecule has 0 aliphatic heterocycles. The number of sulfonamides is 1. The first-order valence-corrected chi connectivity index (χ1v) is 12.7. The van der Waals surface area contributed by atoms with E-state index in [0.717, 1.165) is 11.3 Å². The molecule has 0 fully saturated rings. The fourth-order valence-electron chi connectivity index (χ4n) is 3.34. The Hall–Kier alpha value is -2.78. The Balaban J connectivity index is 1.68. The number of nitrogens with zero attached hydrogens (tertiary/aromatic N) is 4. The van der Waals surface area contributed by atoms with Crippen molar-refractivity contribution in [1.29, 1.82) is 0 Å². The summed E-state index contributed by atoms with van der Waals surface area (Å²) in [4.78, 5) is 13.8. The number of hydrogen-bond acceptors (Lipinski definition) is 5. The van der Waals surface area contributed by atoms with E-state index in [9.17, 15) is 8.42 Å². The molecule has 34 heavy (non-hydrogen) atoms. The van der Waals surface area contributed by atoms with Crippen LogP contribution in [0.2, 0.25) is 10.0 Å². The van der Waals surface area contributed by atoms with E-state index >= 15 is 0 Å². The van der Waals surface area contributed by atoms with Gasteiger partial charge in [0.15, 0.2) is 0 Å². The molecule has 0 bridgehead atoms. The highest BCUT2D eigenvalue weighted by Crippen LogP contribution is 2.28. The third kappa shape index (κ3) is 5.47. The van der Waals surface area contributed by atoms with Crippen molar-refractivity contribution in [3.63, 3.8) is 0 Å². The zero-order chi connectivity index (χ0) is 24.7. The zero-order valence-corrected chi connectivity index (χ0v) is 21.4. The topological polar surface area (TPSA) is 89.8 Å². The molecule has 0 aliphatic carbocycles. The van der Waals surface area contributed by atoms with E-state index < -0.39 is 15.6 Å². The van der Waals surface area contributed by atoms with Crippen molar-refractivity contribution in [3.8, 4) is 28.5 Å². The maximum atomic E-state index is 12.7. The minimum Gasteiger partial charge on any atom is -0.274 e. The number of aromatic nitrogens is 4. The molecule has 176 valence electrons. The van der Waals surface area contributed by atoms with Crippen LogP contribution in [-0.2, 0) is 10.0 Å². The number of nitrogens with one attached hydrogen (secondary N) is 1. The van der Waals surface area contributed by atoms with E-state index in [1.807, 2.05) is 19.1 Å². The molecule has 2 aromatic heterocycles. The fourth-order valence-corrected chi connectivity index (χ4v) is 5.10. The molecular formula is C24H23Cl2N5O2S. The van der Waals surface area contributed by atoms with Gasteiger partial charge in [0.25, 0.3) is 0 Å². The molecule has 0 spiro atoms. The Labute approximate surface area is 208 Å². The van der Waals surface area contributed by atoms with Crippen LogP contribution in [-0.4, -0.2) is 33.5 Å². The second-order valence-electron chi connectivity index (χ2n) is 8.87. The van der Waals surface area contributed by atoms with Crippen molar-refractivity contribution in [1.82, 2.24) is 24.2 Å². The lowest BCUT2D eigenvalue weighted by Crippen LogP contribution is -2.40. The van der Waals surface area contributed by atoms with Crippen LogP contribution in [0, 0.1) is 6.92 Å². The SMILES string of the molecule is Cc1cc(-c2ccc(Cl)c(Cl)c2)nc(-n2cnc(-c3cccc(S(=O)(=O)NC(C)(C)C)c3)c2)n1. The summed E-state index contributed by atoms with van der Waals surface area (Å²) in [6.45, 7) is 7.26. The molecule has 2 heterocycles. The van der Waals surface area contributed by atoms with Gasteiger partial charge in [0, 0.05) is 28.6 Å². The van der Waals surface area contributed by atoms with Gasteiger partial charge >= 0.3 is 0 Å². The van der Waals surface area contributed by atoms with E-state index in [4.69, 9.17) is 23.2 Å². The number of benzene rings is 2. The molecule has 0 saturated carbocycles. The predicted octanol–water partition coefficient (Wildman–Crippen LogP) is 5.69. The summed E-state index contributed by atoms with van der Waals surface area (Å²) in [6.07, 6.45) is 3.35. The lowest BCUT2D eigenvalue weighted by molar-refractivity contribution is 0.491. The highest BCUT2D eigenvalue weighted by Gasteiger charge is 2.22. The van der Waals surface area contributed by atoms with Gasteiger partial charge in [-0.05, 0) is 58.0 Å². The third-order valence-corrected chi connectivity index (χ3v) is 7.25. The van der Waals surface area contributed by atoms with Gasteiger partial charge < -0.3 is 0 Å². The average molecular weight is 516 g/mol. The predicted molar refractivity (Wildman–Crippen MR) is 135 cm³/mol. The van der Waals surface area contributed by atoms with Crippen molar-refractivity contribution >= 4 is 33.2 Å². The molecule has 0 saturated heterocycles. The number of aryl methyl sites for hydroxylation is 1. The van der Waals surface area contributed by atoms with Gasteiger partial charge in [0.05, 0.1) is 26.3 Å². The standard InChI is InChI=1S/C24H23Cl2N5O2S/c1-15-10-21(17-8-9-19(25)20(26)12-17)29-23(28-15)31-13-22(27-14-31)16-6-5-7-18(11-16)34(32,33)30-24(2,3)4/h5-14,30H,1-4H3. The van der Waals surface area contributed by atoms with Crippen LogP contribution >= 0.6 is 23.2 Å². The zero-order valence-electron chi connectivity index (χ0n) is 19.0. The minimum absolute atomic E-state index is 0.170. The largest absolute Gasteiger partial charge is 0.274 e. The number of hydrogen-bond donors (Lipinski definition) is 1. The second-order valence-corrected chi connectivity index (χ2v) is 11.4. The maximum absolute atomic E-state index is 12.7. The van der Waals surface area contributed by atoms with Crippen LogP contribution in [0.1, 0.15) is 26.5 Å². The van der Waals surface area contributed by atoms with Crippen molar-refractivity contribution in [2.75, 3.05) is 0 Å². The van der Waals surface area contributed by atoms with Gasteiger partial charge in [0.1, 0.15) is 6.33 Å². The van der Waals surface area contributed by atoms with Crippen molar-refractivity contribution in [3.05, 3.63) is 76.8 Å². The van der Waals surface area contributed by atoms with Gasteiger partial charge in [0.2, 0.25) is 16.0 Å². The lowest BCUT2D eigenvalue weighted by atomic mass is 10.1. The van der Waals surface area contributed by atoms with Crippen LogP contribution in [0.5, 0.6) is 0 Å². The van der Waals surface area contributed by atoms with Gasteiger partial charge in [-0.15, -0.1) is 0 Å². The third-order valence-electron chi connectivity index (χ3n) is 4.75. The molecular weight excluding hydrogens is 493 g/mol. The summed E-state index contributed by atoms with van der Waals surface area (Å²) >= 11 is 12.2. The lowest BCUT2D eigenvalue weighted by Gasteiger charge is -2.20. The Bertz CT molecular complexity index is 1480. The summed E-state index contributed by atoms with van der Waals surface area (Å²) in [5.74, 6) is 0.429. The minimum atomic E-state index is -3.67. The first kappa shape index (κ1) is 24.3. The van der Waals surface area contributed by atoms with E-state index in [1.54, 1.807) is 74.3 Å². The van der Waals surface area contributed by atoms with E-state index in [2.05, 4.69) is 19.7 Å². The number of halogens is 2.